The Hall–Kier alpha value is -0.760. The predicted octanol–water partition coefficient (Wildman–Crippen LogP) is 1.29. The zero-order valence-corrected chi connectivity index (χ0v) is 13.3. The molecule has 1 fully saturated rings. The monoisotopic (exact) mass is 316 g/mol. The zero-order chi connectivity index (χ0) is 14.6. The summed E-state index contributed by atoms with van der Waals surface area (Å²) in [7, 11) is -3.06. The number of carbonyl (C=O) groups is 1. The maximum atomic E-state index is 11.8. The van der Waals surface area contributed by atoms with Crippen LogP contribution in [0.1, 0.15) is 22.5 Å². The van der Waals surface area contributed by atoms with Gasteiger partial charge in [-0.05, 0) is 24.4 Å². The normalized spacial score (nSPS) is 18.2. The van der Waals surface area contributed by atoms with E-state index in [0.29, 0.717) is 19.5 Å². The first kappa shape index (κ1) is 15.6. The van der Waals surface area contributed by atoms with Crippen molar-refractivity contribution in [2.45, 2.75) is 12.8 Å². The number of piperazine rings is 1. The second kappa shape index (κ2) is 6.80. The van der Waals surface area contributed by atoms with E-state index in [2.05, 4.69) is 4.90 Å². The van der Waals surface area contributed by atoms with Gasteiger partial charge < -0.3 is 4.90 Å². The molecule has 2 heterocycles. The lowest BCUT2D eigenvalue weighted by molar-refractivity contribution is 0.0975. The Morgan fingerprint density at radius 3 is 2.55 bits per heavy atom. The van der Waals surface area contributed by atoms with Gasteiger partial charge in [-0.1, -0.05) is 6.07 Å². The Bertz CT molecular complexity index is 532. The maximum Gasteiger partial charge on any atom is 0.211 e. The number of Topliss-reactive ketones (excluding diaryl/α,β-unsaturated/α-hetero) is 1. The molecule has 1 aromatic rings. The van der Waals surface area contributed by atoms with E-state index >= 15 is 0 Å². The van der Waals surface area contributed by atoms with Crippen LogP contribution >= 0.6 is 11.3 Å². The standard InChI is InChI=1S/C13H20N2O3S2/c1-20(17,18)15-9-7-14(8-10-15)6-2-4-12(16)13-5-3-11-19-13/h3,5,11H,2,4,6-10H2,1H3. The van der Waals surface area contributed by atoms with Crippen LogP contribution in [-0.2, 0) is 10.0 Å². The smallest absolute Gasteiger partial charge is 0.211 e. The highest BCUT2D eigenvalue weighted by Crippen LogP contribution is 2.13. The van der Waals surface area contributed by atoms with E-state index < -0.39 is 10.0 Å². The van der Waals surface area contributed by atoms with Crippen LogP contribution in [0, 0.1) is 0 Å². The van der Waals surface area contributed by atoms with E-state index in [4.69, 9.17) is 0 Å². The van der Waals surface area contributed by atoms with Crippen LogP contribution in [0.25, 0.3) is 0 Å². The third-order valence-electron chi connectivity index (χ3n) is 3.47. The first-order valence-corrected chi connectivity index (χ1v) is 9.44. The lowest BCUT2D eigenvalue weighted by Gasteiger charge is -2.33. The molecule has 112 valence electrons. The van der Waals surface area contributed by atoms with Crippen molar-refractivity contribution in [1.82, 2.24) is 9.21 Å². The summed E-state index contributed by atoms with van der Waals surface area (Å²) in [5, 5.41) is 1.91. The number of rotatable bonds is 6. The van der Waals surface area contributed by atoms with Crippen molar-refractivity contribution in [2.24, 2.45) is 0 Å². The highest BCUT2D eigenvalue weighted by Gasteiger charge is 2.22. The molecule has 1 saturated heterocycles. The number of thiophene rings is 1. The lowest BCUT2D eigenvalue weighted by Crippen LogP contribution is -2.48. The number of sulfonamides is 1. The number of hydrogen-bond acceptors (Lipinski definition) is 5. The molecular weight excluding hydrogens is 296 g/mol. The number of nitrogens with zero attached hydrogens (tertiary/aromatic N) is 2. The fourth-order valence-corrected chi connectivity index (χ4v) is 3.83. The number of carbonyl (C=O) groups excluding carboxylic acids is 1. The summed E-state index contributed by atoms with van der Waals surface area (Å²) in [5.74, 6) is 0.203. The topological polar surface area (TPSA) is 57.7 Å². The van der Waals surface area contributed by atoms with E-state index in [-0.39, 0.29) is 5.78 Å². The van der Waals surface area contributed by atoms with Gasteiger partial charge in [-0.3, -0.25) is 4.79 Å². The van der Waals surface area contributed by atoms with Crippen molar-refractivity contribution < 1.29 is 13.2 Å². The van der Waals surface area contributed by atoms with E-state index in [1.807, 2.05) is 17.5 Å². The van der Waals surface area contributed by atoms with Gasteiger partial charge >= 0.3 is 0 Å². The van der Waals surface area contributed by atoms with Crippen LogP contribution in [0.15, 0.2) is 17.5 Å². The molecule has 1 aliphatic rings. The van der Waals surface area contributed by atoms with Crippen molar-refractivity contribution >= 4 is 27.1 Å². The zero-order valence-electron chi connectivity index (χ0n) is 11.6. The van der Waals surface area contributed by atoms with Gasteiger partial charge in [0.1, 0.15) is 0 Å². The molecule has 0 spiro atoms. The van der Waals surface area contributed by atoms with E-state index in [9.17, 15) is 13.2 Å². The SMILES string of the molecule is CS(=O)(=O)N1CCN(CCCC(=O)c2cccs2)CC1. The highest BCUT2D eigenvalue weighted by molar-refractivity contribution is 7.88. The minimum absolute atomic E-state index is 0.203. The van der Waals surface area contributed by atoms with Crippen molar-refractivity contribution in [1.29, 1.82) is 0 Å². The molecule has 0 amide bonds. The number of hydrogen-bond donors (Lipinski definition) is 0. The molecule has 0 atom stereocenters. The van der Waals surface area contributed by atoms with Gasteiger partial charge in [0.25, 0.3) is 0 Å². The van der Waals surface area contributed by atoms with Crippen LogP contribution in [0.5, 0.6) is 0 Å². The summed E-state index contributed by atoms with van der Waals surface area (Å²) < 4.78 is 24.3. The fourth-order valence-electron chi connectivity index (χ4n) is 2.31. The molecule has 1 aliphatic heterocycles. The molecule has 0 aromatic carbocycles. The van der Waals surface area contributed by atoms with Crippen LogP contribution in [0.4, 0.5) is 0 Å². The second-order valence-electron chi connectivity index (χ2n) is 5.01. The Labute approximate surface area is 124 Å². The second-order valence-corrected chi connectivity index (χ2v) is 7.94. The van der Waals surface area contributed by atoms with Gasteiger partial charge in [-0.25, -0.2) is 8.42 Å². The predicted molar refractivity (Wildman–Crippen MR) is 80.7 cm³/mol. The van der Waals surface area contributed by atoms with Gasteiger partial charge in [0.05, 0.1) is 11.1 Å². The van der Waals surface area contributed by atoms with Gasteiger partial charge in [-0.2, -0.15) is 4.31 Å². The molecule has 0 radical (unpaired) electrons. The Morgan fingerprint density at radius 1 is 1.30 bits per heavy atom. The van der Waals surface area contributed by atoms with Crippen LogP contribution < -0.4 is 0 Å². The summed E-state index contributed by atoms with van der Waals surface area (Å²) in [5.41, 5.74) is 0. The summed E-state index contributed by atoms with van der Waals surface area (Å²) in [6.45, 7) is 3.46. The molecule has 20 heavy (non-hydrogen) atoms. The molecule has 0 unspecified atom stereocenters. The lowest BCUT2D eigenvalue weighted by atomic mass is 10.2. The quantitative estimate of drug-likeness (QED) is 0.742. The summed E-state index contributed by atoms with van der Waals surface area (Å²) in [6, 6.07) is 3.75. The Morgan fingerprint density at radius 2 is 2.00 bits per heavy atom. The van der Waals surface area contributed by atoms with Gasteiger partial charge in [-0.15, -0.1) is 11.3 Å². The van der Waals surface area contributed by atoms with Crippen molar-refractivity contribution in [3.63, 3.8) is 0 Å². The van der Waals surface area contributed by atoms with Crippen LogP contribution in [-0.4, -0.2) is 62.4 Å². The highest BCUT2D eigenvalue weighted by atomic mass is 32.2. The average Bonchev–Trinajstić information content (AvgIpc) is 2.92. The van der Waals surface area contributed by atoms with Gasteiger partial charge in [0, 0.05) is 32.6 Å². The van der Waals surface area contributed by atoms with E-state index in [1.54, 1.807) is 0 Å². The molecular formula is C13H20N2O3S2. The molecule has 7 heteroatoms. The largest absolute Gasteiger partial charge is 0.301 e. The third kappa shape index (κ3) is 4.37. The summed E-state index contributed by atoms with van der Waals surface area (Å²) >= 11 is 1.48. The van der Waals surface area contributed by atoms with Crippen LogP contribution in [0.2, 0.25) is 0 Å². The molecule has 0 N–H and O–H groups in total. The molecule has 1 aromatic heterocycles. The first-order chi connectivity index (χ1) is 9.47. The Balaban J connectivity index is 1.68. The van der Waals surface area contributed by atoms with E-state index in [1.165, 1.54) is 21.9 Å². The Kier molecular flexibility index (Phi) is 5.31. The first-order valence-electron chi connectivity index (χ1n) is 6.71. The minimum atomic E-state index is -3.06. The molecule has 2 rings (SSSR count). The molecule has 0 saturated carbocycles. The average molecular weight is 316 g/mol. The van der Waals surface area contributed by atoms with Gasteiger partial charge in [0.2, 0.25) is 10.0 Å². The van der Waals surface area contributed by atoms with Crippen molar-refractivity contribution in [3.8, 4) is 0 Å². The van der Waals surface area contributed by atoms with Gasteiger partial charge in [0.15, 0.2) is 5.78 Å². The number of ketones is 1. The van der Waals surface area contributed by atoms with E-state index in [0.717, 1.165) is 30.9 Å². The molecule has 5 nitrogen and oxygen atoms in total. The maximum absolute atomic E-state index is 11.8. The minimum Gasteiger partial charge on any atom is -0.301 e. The molecule has 0 aliphatic carbocycles. The molecule has 0 bridgehead atoms. The summed E-state index contributed by atoms with van der Waals surface area (Å²) in [4.78, 5) is 14.9. The third-order valence-corrected chi connectivity index (χ3v) is 5.69. The summed E-state index contributed by atoms with van der Waals surface area (Å²) in [6.07, 6.45) is 2.64. The van der Waals surface area contributed by atoms with Crippen LogP contribution in [0.3, 0.4) is 0 Å². The van der Waals surface area contributed by atoms with Crippen molar-refractivity contribution in [3.05, 3.63) is 22.4 Å². The van der Waals surface area contributed by atoms with Crippen molar-refractivity contribution in [2.75, 3.05) is 39.0 Å². The fraction of sp³-hybridized carbons (Fsp3) is 0.615.